The molecule has 0 radical (unpaired) electrons. The Morgan fingerprint density at radius 1 is 0.951 bits per heavy atom. The molecule has 3 unspecified atom stereocenters. The standard InChI is InChI=1S/C28H28F5N3O3.C2H6/c1-13(2)20(19-12-14(3)35-39-19)28(38)36-11-5-6-18(36)27(37)34-15(4)16-7-9-17(10-8-16)21-22(29)24(31)26(33)25(32)23(21)30;1-2/h7-10,12-13,15,18,20H,5-6,11H2,1-4H3,(H,34,37);1-2H3. The normalized spacial score (nSPS) is 16.3. The van der Waals surface area contributed by atoms with Gasteiger partial charge >= 0.3 is 0 Å². The molecule has 2 aromatic carbocycles. The lowest BCUT2D eigenvalue weighted by molar-refractivity contribution is -0.141. The number of nitrogens with zero attached hydrogens (tertiary/aromatic N) is 2. The Bertz CT molecular complexity index is 1360. The molecule has 1 aliphatic heterocycles. The first-order valence-corrected chi connectivity index (χ1v) is 13.6. The first-order chi connectivity index (χ1) is 19.4. The van der Waals surface area contributed by atoms with E-state index in [1.807, 2.05) is 27.7 Å². The molecule has 2 amide bonds. The molecule has 222 valence electrons. The number of halogens is 5. The summed E-state index contributed by atoms with van der Waals surface area (Å²) in [6, 6.07) is 5.73. The van der Waals surface area contributed by atoms with Gasteiger partial charge in [0.25, 0.3) is 0 Å². The van der Waals surface area contributed by atoms with Crippen LogP contribution < -0.4 is 5.32 Å². The summed E-state index contributed by atoms with van der Waals surface area (Å²) in [5.74, 6) is -11.0. The molecule has 0 saturated carbocycles. The van der Waals surface area contributed by atoms with Crippen molar-refractivity contribution in [3.63, 3.8) is 0 Å². The second-order valence-electron chi connectivity index (χ2n) is 10.1. The van der Waals surface area contributed by atoms with Gasteiger partial charge in [-0.3, -0.25) is 9.59 Å². The Morgan fingerprint density at radius 2 is 1.51 bits per heavy atom. The average Bonchev–Trinajstić information content (AvgIpc) is 3.62. The molecule has 1 aliphatic rings. The number of benzene rings is 2. The van der Waals surface area contributed by atoms with Crippen molar-refractivity contribution in [2.75, 3.05) is 6.54 Å². The van der Waals surface area contributed by atoms with E-state index in [0.29, 0.717) is 36.4 Å². The zero-order chi connectivity index (χ0) is 30.6. The lowest BCUT2D eigenvalue weighted by atomic mass is 9.91. The zero-order valence-electron chi connectivity index (χ0n) is 23.8. The van der Waals surface area contributed by atoms with Gasteiger partial charge in [-0.05, 0) is 43.7 Å². The van der Waals surface area contributed by atoms with E-state index in [9.17, 15) is 31.5 Å². The number of hydrogen-bond acceptors (Lipinski definition) is 4. The van der Waals surface area contributed by atoms with Crippen molar-refractivity contribution < 1.29 is 36.1 Å². The van der Waals surface area contributed by atoms with Crippen molar-refractivity contribution in [2.24, 2.45) is 5.92 Å². The van der Waals surface area contributed by atoms with E-state index in [-0.39, 0.29) is 23.3 Å². The van der Waals surface area contributed by atoms with Crippen LogP contribution in [0.4, 0.5) is 22.0 Å². The third-order valence-electron chi connectivity index (χ3n) is 6.99. The summed E-state index contributed by atoms with van der Waals surface area (Å²) in [5.41, 5.74) is -0.0559. The highest BCUT2D eigenvalue weighted by atomic mass is 19.2. The van der Waals surface area contributed by atoms with Crippen LogP contribution in [0, 0.1) is 41.9 Å². The van der Waals surface area contributed by atoms with Gasteiger partial charge in [0, 0.05) is 12.6 Å². The summed E-state index contributed by atoms with van der Waals surface area (Å²) in [7, 11) is 0. The number of nitrogens with one attached hydrogen (secondary N) is 1. The zero-order valence-corrected chi connectivity index (χ0v) is 23.8. The van der Waals surface area contributed by atoms with Crippen LogP contribution in [-0.2, 0) is 9.59 Å². The fourth-order valence-electron chi connectivity index (χ4n) is 4.94. The van der Waals surface area contributed by atoms with Crippen molar-refractivity contribution in [2.45, 2.75) is 72.4 Å². The quantitative estimate of drug-likeness (QED) is 0.186. The van der Waals surface area contributed by atoms with Gasteiger partial charge in [-0.2, -0.15) is 0 Å². The van der Waals surface area contributed by atoms with Crippen molar-refractivity contribution in [1.82, 2.24) is 15.4 Å². The van der Waals surface area contributed by atoms with Gasteiger partial charge in [-0.15, -0.1) is 0 Å². The average molecular weight is 580 g/mol. The Hall–Kier alpha value is -3.76. The molecule has 6 nitrogen and oxygen atoms in total. The van der Waals surface area contributed by atoms with Crippen LogP contribution in [0.2, 0.25) is 0 Å². The predicted octanol–water partition coefficient (Wildman–Crippen LogP) is 6.98. The minimum Gasteiger partial charge on any atom is -0.360 e. The largest absolute Gasteiger partial charge is 0.360 e. The first kappa shape index (κ1) is 31.8. The number of carbonyl (C=O) groups excluding carboxylic acids is 2. The molecule has 1 fully saturated rings. The monoisotopic (exact) mass is 579 g/mol. The molecule has 1 saturated heterocycles. The van der Waals surface area contributed by atoms with E-state index < -0.39 is 52.7 Å². The van der Waals surface area contributed by atoms with E-state index >= 15 is 0 Å². The van der Waals surface area contributed by atoms with Crippen LogP contribution in [0.5, 0.6) is 0 Å². The van der Waals surface area contributed by atoms with Gasteiger partial charge in [-0.1, -0.05) is 57.1 Å². The summed E-state index contributed by atoms with van der Waals surface area (Å²) in [5, 5.41) is 6.74. The van der Waals surface area contributed by atoms with E-state index in [0.717, 1.165) is 0 Å². The number of hydrogen-bond donors (Lipinski definition) is 1. The molecule has 3 aromatic rings. The molecule has 0 aliphatic carbocycles. The molecule has 1 aromatic heterocycles. The van der Waals surface area contributed by atoms with Crippen LogP contribution in [-0.4, -0.2) is 34.5 Å². The molecule has 0 bridgehead atoms. The molecule has 2 heterocycles. The number of aromatic nitrogens is 1. The topological polar surface area (TPSA) is 75.4 Å². The summed E-state index contributed by atoms with van der Waals surface area (Å²) in [6.07, 6.45) is 1.12. The van der Waals surface area contributed by atoms with Crippen LogP contribution in [0.1, 0.15) is 76.4 Å². The highest BCUT2D eigenvalue weighted by Crippen LogP contribution is 2.33. The molecule has 0 spiro atoms. The summed E-state index contributed by atoms with van der Waals surface area (Å²) >= 11 is 0. The van der Waals surface area contributed by atoms with E-state index in [1.54, 1.807) is 24.8 Å². The molecule has 11 heteroatoms. The Kier molecular flexibility index (Phi) is 10.3. The number of likely N-dealkylation sites (tertiary alicyclic amines) is 1. The van der Waals surface area contributed by atoms with E-state index in [4.69, 9.17) is 4.52 Å². The number of carbonyl (C=O) groups is 2. The molecular formula is C30H34F5N3O3. The van der Waals surface area contributed by atoms with Crippen LogP contribution >= 0.6 is 0 Å². The highest BCUT2D eigenvalue weighted by molar-refractivity contribution is 5.91. The van der Waals surface area contributed by atoms with Crippen molar-refractivity contribution in [3.8, 4) is 11.1 Å². The molecule has 4 rings (SSSR count). The predicted molar refractivity (Wildman–Crippen MR) is 143 cm³/mol. The fourth-order valence-corrected chi connectivity index (χ4v) is 4.94. The SMILES string of the molecule is CC.Cc1cc(C(C(=O)N2CCCC2C(=O)NC(C)c2ccc(-c3c(F)c(F)c(F)c(F)c3F)cc2)C(C)C)on1. The first-order valence-electron chi connectivity index (χ1n) is 13.6. The minimum atomic E-state index is -2.23. The molecule has 3 atom stereocenters. The van der Waals surface area contributed by atoms with Gasteiger partial charge < -0.3 is 14.7 Å². The summed E-state index contributed by atoms with van der Waals surface area (Å²) < 4.78 is 74.4. The van der Waals surface area contributed by atoms with Gasteiger partial charge in [0.15, 0.2) is 23.3 Å². The van der Waals surface area contributed by atoms with Gasteiger partial charge in [0.1, 0.15) is 17.7 Å². The number of rotatable bonds is 7. The van der Waals surface area contributed by atoms with Crippen molar-refractivity contribution >= 4 is 11.8 Å². The summed E-state index contributed by atoms with van der Waals surface area (Å²) in [4.78, 5) is 28.2. The second-order valence-corrected chi connectivity index (χ2v) is 10.1. The maximum absolute atomic E-state index is 14.2. The third-order valence-corrected chi connectivity index (χ3v) is 6.99. The lowest BCUT2D eigenvalue weighted by Gasteiger charge is -2.29. The Morgan fingerprint density at radius 3 is 2.02 bits per heavy atom. The number of aryl methyl sites for hydroxylation is 1. The maximum atomic E-state index is 14.2. The molecular weight excluding hydrogens is 545 g/mol. The fraction of sp³-hybridized carbons (Fsp3) is 0.433. The Labute approximate surface area is 235 Å². The highest BCUT2D eigenvalue weighted by Gasteiger charge is 2.40. The minimum absolute atomic E-state index is 0.0932. The van der Waals surface area contributed by atoms with Gasteiger partial charge in [0.2, 0.25) is 17.6 Å². The Balaban J connectivity index is 0.00000226. The van der Waals surface area contributed by atoms with Crippen molar-refractivity contribution in [3.05, 3.63) is 76.4 Å². The van der Waals surface area contributed by atoms with Crippen LogP contribution in [0.25, 0.3) is 11.1 Å². The smallest absolute Gasteiger partial charge is 0.243 e. The number of amides is 2. The van der Waals surface area contributed by atoms with Crippen LogP contribution in [0.3, 0.4) is 0 Å². The maximum Gasteiger partial charge on any atom is 0.243 e. The molecule has 1 N–H and O–H groups in total. The van der Waals surface area contributed by atoms with E-state index in [2.05, 4.69) is 10.5 Å². The third kappa shape index (κ3) is 6.44. The van der Waals surface area contributed by atoms with Crippen molar-refractivity contribution in [1.29, 1.82) is 0 Å². The van der Waals surface area contributed by atoms with E-state index in [1.165, 1.54) is 24.3 Å². The second kappa shape index (κ2) is 13.3. The van der Waals surface area contributed by atoms with Gasteiger partial charge in [-0.25, -0.2) is 22.0 Å². The van der Waals surface area contributed by atoms with Crippen LogP contribution in [0.15, 0.2) is 34.9 Å². The summed E-state index contributed by atoms with van der Waals surface area (Å²) in [6.45, 7) is 11.6. The van der Waals surface area contributed by atoms with Gasteiger partial charge in [0.05, 0.1) is 17.3 Å². The molecule has 41 heavy (non-hydrogen) atoms. The lowest BCUT2D eigenvalue weighted by Crippen LogP contribution is -2.48.